The summed E-state index contributed by atoms with van der Waals surface area (Å²) in [5.41, 5.74) is 14.4. The van der Waals surface area contributed by atoms with E-state index in [1.807, 2.05) is 0 Å². The molecule has 0 spiro atoms. The molecule has 0 fully saturated rings. The monoisotopic (exact) mass is 636 g/mol. The molecule has 234 valence electrons. The Morgan fingerprint density at radius 1 is 0.280 bits per heavy atom. The molecule has 10 rings (SSSR count). The average molecular weight is 637 g/mol. The van der Waals surface area contributed by atoms with Crippen molar-refractivity contribution in [1.82, 2.24) is 9.13 Å². The van der Waals surface area contributed by atoms with Gasteiger partial charge < -0.3 is 9.13 Å². The SMILES string of the molecule is c1ccc(-c2ccc(-n3c4ccccc4c4c(-c5ccc6c7ccccc7n(-c7ccccc7)c6c5)cccc43)c(-c3ccccc3)c2)cc1. The minimum absolute atomic E-state index is 1.16. The lowest BCUT2D eigenvalue weighted by atomic mass is 9.97. The smallest absolute Gasteiger partial charge is 0.0547 e. The van der Waals surface area contributed by atoms with Crippen molar-refractivity contribution >= 4 is 43.6 Å². The Kier molecular flexibility index (Phi) is 6.53. The van der Waals surface area contributed by atoms with Gasteiger partial charge in [0.25, 0.3) is 0 Å². The first-order chi connectivity index (χ1) is 24.8. The molecule has 2 nitrogen and oxygen atoms in total. The zero-order chi connectivity index (χ0) is 33.0. The van der Waals surface area contributed by atoms with Crippen LogP contribution in [0.25, 0.3) is 88.4 Å². The largest absolute Gasteiger partial charge is 0.309 e. The first kappa shape index (κ1) is 28.4. The fourth-order valence-corrected chi connectivity index (χ4v) is 7.90. The lowest BCUT2D eigenvalue weighted by molar-refractivity contribution is 1.18. The van der Waals surface area contributed by atoms with Gasteiger partial charge in [0.15, 0.2) is 0 Å². The van der Waals surface area contributed by atoms with E-state index in [0.29, 0.717) is 0 Å². The van der Waals surface area contributed by atoms with Gasteiger partial charge in [-0.3, -0.25) is 0 Å². The number of benzene rings is 8. The summed E-state index contributed by atoms with van der Waals surface area (Å²) < 4.78 is 4.86. The second-order valence-corrected chi connectivity index (χ2v) is 12.9. The molecule has 2 heteroatoms. The molecule has 0 aliphatic heterocycles. The highest BCUT2D eigenvalue weighted by Crippen LogP contribution is 2.43. The first-order valence-electron chi connectivity index (χ1n) is 17.2. The van der Waals surface area contributed by atoms with Crippen molar-refractivity contribution in [3.05, 3.63) is 194 Å². The molecule has 0 saturated heterocycles. The standard InChI is InChI=1S/C48H32N2/c1-4-15-33(16-5-1)35-28-30-45(42(31-35)34-17-6-2-7-18-34)50-44-25-13-11-22-41(44)48-38(23-14-26-46(48)50)36-27-29-40-39-21-10-12-24-43(39)49(47(40)32-36)37-19-8-3-9-20-37/h1-32H. The highest BCUT2D eigenvalue weighted by atomic mass is 15.0. The van der Waals surface area contributed by atoms with E-state index in [0.717, 1.165) is 5.69 Å². The highest BCUT2D eigenvalue weighted by molar-refractivity contribution is 6.17. The Hall–Kier alpha value is -6.64. The third-order valence-corrected chi connectivity index (χ3v) is 10.1. The molecule has 0 bridgehead atoms. The van der Waals surface area contributed by atoms with Crippen LogP contribution in [0.15, 0.2) is 194 Å². The molecule has 2 aromatic heterocycles. The fourth-order valence-electron chi connectivity index (χ4n) is 7.90. The van der Waals surface area contributed by atoms with Gasteiger partial charge in [-0.15, -0.1) is 0 Å². The van der Waals surface area contributed by atoms with Crippen LogP contribution < -0.4 is 0 Å². The Bertz CT molecular complexity index is 2840. The molecule has 0 saturated carbocycles. The quantitative estimate of drug-likeness (QED) is 0.178. The predicted octanol–water partition coefficient (Wildman–Crippen LogP) is 12.9. The number of fused-ring (bicyclic) bond motifs is 6. The van der Waals surface area contributed by atoms with E-state index in [4.69, 9.17) is 0 Å². The predicted molar refractivity (Wildman–Crippen MR) is 211 cm³/mol. The van der Waals surface area contributed by atoms with Crippen molar-refractivity contribution < 1.29 is 0 Å². The third kappa shape index (κ3) is 4.43. The van der Waals surface area contributed by atoms with Crippen molar-refractivity contribution in [3.63, 3.8) is 0 Å². The van der Waals surface area contributed by atoms with Crippen LogP contribution in [0.3, 0.4) is 0 Å². The van der Waals surface area contributed by atoms with E-state index >= 15 is 0 Å². The summed E-state index contributed by atoms with van der Waals surface area (Å²) in [6.07, 6.45) is 0. The summed E-state index contributed by atoms with van der Waals surface area (Å²) in [6.45, 7) is 0. The van der Waals surface area contributed by atoms with Gasteiger partial charge in [0.2, 0.25) is 0 Å². The number of rotatable bonds is 5. The van der Waals surface area contributed by atoms with Gasteiger partial charge in [-0.25, -0.2) is 0 Å². The van der Waals surface area contributed by atoms with Crippen LogP contribution >= 0.6 is 0 Å². The Morgan fingerprint density at radius 2 is 0.860 bits per heavy atom. The van der Waals surface area contributed by atoms with Gasteiger partial charge in [0.1, 0.15) is 0 Å². The maximum absolute atomic E-state index is 2.46. The van der Waals surface area contributed by atoms with Crippen molar-refractivity contribution in [2.75, 3.05) is 0 Å². The van der Waals surface area contributed by atoms with Gasteiger partial charge in [-0.2, -0.15) is 0 Å². The molecule has 50 heavy (non-hydrogen) atoms. The van der Waals surface area contributed by atoms with E-state index in [-0.39, 0.29) is 0 Å². The topological polar surface area (TPSA) is 9.86 Å². The Labute approximate surface area is 290 Å². The van der Waals surface area contributed by atoms with Crippen LogP contribution in [-0.2, 0) is 0 Å². The molecule has 0 aliphatic carbocycles. The molecular formula is C48H32N2. The average Bonchev–Trinajstić information content (AvgIpc) is 3.71. The third-order valence-electron chi connectivity index (χ3n) is 10.1. The number of aromatic nitrogens is 2. The van der Waals surface area contributed by atoms with E-state index < -0.39 is 0 Å². The molecule has 10 aromatic rings. The zero-order valence-electron chi connectivity index (χ0n) is 27.4. The summed E-state index contributed by atoms with van der Waals surface area (Å²) in [5.74, 6) is 0. The molecule has 8 aromatic carbocycles. The van der Waals surface area contributed by atoms with E-state index in [1.54, 1.807) is 0 Å². The summed E-state index contributed by atoms with van der Waals surface area (Å²) in [7, 11) is 0. The summed E-state index contributed by atoms with van der Waals surface area (Å²) >= 11 is 0. The van der Waals surface area contributed by atoms with Crippen molar-refractivity contribution in [1.29, 1.82) is 0 Å². The maximum Gasteiger partial charge on any atom is 0.0547 e. The van der Waals surface area contributed by atoms with E-state index in [2.05, 4.69) is 203 Å². The minimum Gasteiger partial charge on any atom is -0.309 e. The van der Waals surface area contributed by atoms with Gasteiger partial charge in [0, 0.05) is 32.8 Å². The Balaban J connectivity index is 1.24. The van der Waals surface area contributed by atoms with E-state index in [1.165, 1.54) is 82.7 Å². The van der Waals surface area contributed by atoms with Gasteiger partial charge in [0.05, 0.1) is 27.8 Å². The Morgan fingerprint density at radius 3 is 1.62 bits per heavy atom. The molecule has 0 aliphatic rings. The molecule has 0 N–H and O–H groups in total. The normalized spacial score (nSPS) is 11.6. The lowest BCUT2D eigenvalue weighted by Crippen LogP contribution is -1.98. The lowest BCUT2D eigenvalue weighted by Gasteiger charge is -2.16. The second-order valence-electron chi connectivity index (χ2n) is 12.9. The van der Waals surface area contributed by atoms with Crippen LogP contribution in [0.4, 0.5) is 0 Å². The number of nitrogens with zero attached hydrogens (tertiary/aromatic N) is 2. The highest BCUT2D eigenvalue weighted by Gasteiger charge is 2.20. The van der Waals surface area contributed by atoms with Crippen LogP contribution in [0.2, 0.25) is 0 Å². The number of para-hydroxylation sites is 3. The summed E-state index contributed by atoms with van der Waals surface area (Å²) in [4.78, 5) is 0. The fraction of sp³-hybridized carbons (Fsp3) is 0. The van der Waals surface area contributed by atoms with Gasteiger partial charge >= 0.3 is 0 Å². The molecule has 0 radical (unpaired) electrons. The number of hydrogen-bond acceptors (Lipinski definition) is 0. The molecule has 0 unspecified atom stereocenters. The van der Waals surface area contributed by atoms with Crippen LogP contribution in [0.1, 0.15) is 0 Å². The first-order valence-corrected chi connectivity index (χ1v) is 17.2. The van der Waals surface area contributed by atoms with Crippen molar-refractivity contribution in [2.24, 2.45) is 0 Å². The molecular weight excluding hydrogens is 605 g/mol. The summed E-state index contributed by atoms with van der Waals surface area (Å²) in [5, 5.41) is 5.03. The van der Waals surface area contributed by atoms with Gasteiger partial charge in [-0.1, -0.05) is 146 Å². The van der Waals surface area contributed by atoms with E-state index in [9.17, 15) is 0 Å². The maximum atomic E-state index is 2.46. The molecule has 0 amide bonds. The van der Waals surface area contributed by atoms with Crippen molar-refractivity contribution in [3.8, 4) is 44.8 Å². The van der Waals surface area contributed by atoms with Crippen LogP contribution in [-0.4, -0.2) is 9.13 Å². The van der Waals surface area contributed by atoms with Crippen LogP contribution in [0, 0.1) is 0 Å². The summed E-state index contributed by atoms with van der Waals surface area (Å²) in [6, 6.07) is 70.4. The molecule has 2 heterocycles. The second kappa shape index (κ2) is 11.5. The zero-order valence-corrected chi connectivity index (χ0v) is 27.4. The number of hydrogen-bond donors (Lipinski definition) is 0. The minimum atomic E-state index is 1.16. The van der Waals surface area contributed by atoms with Crippen LogP contribution in [0.5, 0.6) is 0 Å². The van der Waals surface area contributed by atoms with Crippen molar-refractivity contribution in [2.45, 2.75) is 0 Å². The van der Waals surface area contributed by atoms with Gasteiger partial charge in [-0.05, 0) is 76.3 Å². The molecule has 0 atom stereocenters.